The fraction of sp³-hybridized carbons (Fsp3) is 0.588. The third-order valence-corrected chi connectivity index (χ3v) is 4.83. The predicted molar refractivity (Wildman–Crippen MR) is 77.4 cm³/mol. The van der Waals surface area contributed by atoms with Crippen LogP contribution in [-0.4, -0.2) is 17.9 Å². The number of carbonyl (C=O) groups excluding carboxylic acids is 1. The number of alkyl halides is 3. The lowest BCUT2D eigenvalue weighted by Crippen LogP contribution is -2.50. The molecule has 2 fully saturated rings. The van der Waals surface area contributed by atoms with Crippen molar-refractivity contribution in [3.05, 3.63) is 35.1 Å². The van der Waals surface area contributed by atoms with Gasteiger partial charge < -0.3 is 5.32 Å². The van der Waals surface area contributed by atoms with Crippen LogP contribution in [0.3, 0.4) is 0 Å². The highest BCUT2D eigenvalue weighted by Crippen LogP contribution is 2.33. The molecule has 1 N–H and O–H groups in total. The van der Waals surface area contributed by atoms with Gasteiger partial charge in [-0.05, 0) is 49.4 Å². The Kier molecular flexibility index (Phi) is 4.45. The molecule has 6 heteroatoms. The van der Waals surface area contributed by atoms with Crippen LogP contribution in [-0.2, 0) is 17.4 Å². The summed E-state index contributed by atoms with van der Waals surface area (Å²) < 4.78 is 51.6. The summed E-state index contributed by atoms with van der Waals surface area (Å²) in [6.07, 6.45) is -0.0385. The first kappa shape index (κ1) is 16.4. The first-order valence-electron chi connectivity index (χ1n) is 7.96. The van der Waals surface area contributed by atoms with Gasteiger partial charge in [0.1, 0.15) is 11.6 Å². The Balaban J connectivity index is 1.71. The van der Waals surface area contributed by atoms with E-state index in [1.807, 2.05) is 0 Å². The molecule has 2 saturated heterocycles. The highest BCUT2D eigenvalue weighted by Gasteiger charge is 2.35. The van der Waals surface area contributed by atoms with Crippen LogP contribution >= 0.6 is 0 Å². The Morgan fingerprint density at radius 1 is 1.13 bits per heavy atom. The highest BCUT2D eigenvalue weighted by molar-refractivity contribution is 5.83. The van der Waals surface area contributed by atoms with E-state index < -0.39 is 17.6 Å². The first-order valence-corrected chi connectivity index (χ1v) is 7.96. The Hall–Kier alpha value is -1.43. The molecular formula is C17H19F4NO. The first-order chi connectivity index (χ1) is 10.8. The average Bonchev–Trinajstić information content (AvgIpc) is 2.45. The van der Waals surface area contributed by atoms with Gasteiger partial charge in [-0.15, -0.1) is 0 Å². The van der Waals surface area contributed by atoms with Gasteiger partial charge in [-0.3, -0.25) is 4.79 Å². The normalized spacial score (nSPS) is 27.7. The van der Waals surface area contributed by atoms with Gasteiger partial charge in [0.2, 0.25) is 0 Å². The minimum atomic E-state index is -4.61. The molecule has 2 heterocycles. The number of nitrogens with one attached hydrogen (secondary N) is 1. The molecule has 2 nitrogen and oxygen atoms in total. The van der Waals surface area contributed by atoms with Gasteiger partial charge in [-0.1, -0.05) is 6.42 Å². The zero-order chi connectivity index (χ0) is 16.6. The van der Waals surface area contributed by atoms with Crippen LogP contribution in [0, 0.1) is 11.7 Å². The van der Waals surface area contributed by atoms with Crippen molar-refractivity contribution in [2.45, 2.75) is 56.8 Å². The summed E-state index contributed by atoms with van der Waals surface area (Å²) in [6.45, 7) is 0. The van der Waals surface area contributed by atoms with E-state index in [4.69, 9.17) is 0 Å². The zero-order valence-corrected chi connectivity index (χ0v) is 12.6. The smallest absolute Gasteiger partial charge is 0.311 e. The van der Waals surface area contributed by atoms with Gasteiger partial charge in [-0.25, -0.2) is 4.39 Å². The molecule has 0 aliphatic carbocycles. The fourth-order valence-corrected chi connectivity index (χ4v) is 3.79. The van der Waals surface area contributed by atoms with Gasteiger partial charge >= 0.3 is 6.18 Å². The summed E-state index contributed by atoms with van der Waals surface area (Å²) in [5.41, 5.74) is -0.937. The van der Waals surface area contributed by atoms with Gasteiger partial charge in [0.15, 0.2) is 0 Å². The van der Waals surface area contributed by atoms with Crippen molar-refractivity contribution < 1.29 is 22.4 Å². The lowest BCUT2D eigenvalue weighted by molar-refractivity contribution is -0.138. The second kappa shape index (κ2) is 6.23. The molecule has 0 amide bonds. The Morgan fingerprint density at radius 2 is 1.78 bits per heavy atom. The third-order valence-electron chi connectivity index (χ3n) is 4.83. The van der Waals surface area contributed by atoms with Crippen LogP contribution in [0.5, 0.6) is 0 Å². The lowest BCUT2D eigenvalue weighted by Gasteiger charge is -2.39. The van der Waals surface area contributed by atoms with Crippen LogP contribution < -0.4 is 5.32 Å². The van der Waals surface area contributed by atoms with E-state index in [9.17, 15) is 22.4 Å². The number of benzene rings is 1. The number of carbonyl (C=O) groups is 1. The second-order valence-electron chi connectivity index (χ2n) is 6.65. The van der Waals surface area contributed by atoms with E-state index in [0.29, 0.717) is 18.2 Å². The third kappa shape index (κ3) is 3.91. The molecule has 0 radical (unpaired) electrons. The van der Waals surface area contributed by atoms with Crippen LogP contribution in [0.2, 0.25) is 0 Å². The maximum absolute atomic E-state index is 13.4. The number of halogens is 4. The predicted octanol–water partition coefficient (Wildman–Crippen LogP) is 3.88. The van der Waals surface area contributed by atoms with E-state index in [0.717, 1.165) is 44.2 Å². The molecule has 2 aliphatic heterocycles. The molecule has 1 aromatic rings. The topological polar surface area (TPSA) is 29.1 Å². The SMILES string of the molecule is O=C(Cc1cc(F)cc(C(F)(F)F)c1)C1CC2CCCC(C1)N2. The van der Waals surface area contributed by atoms with Crippen LogP contribution in [0.1, 0.15) is 43.2 Å². The number of rotatable bonds is 3. The van der Waals surface area contributed by atoms with Crippen molar-refractivity contribution >= 4 is 5.78 Å². The summed E-state index contributed by atoms with van der Waals surface area (Å²) in [6, 6.07) is 3.02. The van der Waals surface area contributed by atoms with E-state index in [1.54, 1.807) is 0 Å². The van der Waals surface area contributed by atoms with Crippen molar-refractivity contribution in [2.24, 2.45) is 5.92 Å². The molecule has 2 unspecified atom stereocenters. The summed E-state index contributed by atoms with van der Waals surface area (Å²) in [5.74, 6) is -1.17. The molecule has 126 valence electrons. The van der Waals surface area contributed by atoms with Gasteiger partial charge in [-0.2, -0.15) is 13.2 Å². The van der Waals surface area contributed by atoms with Crippen molar-refractivity contribution in [2.75, 3.05) is 0 Å². The lowest BCUT2D eigenvalue weighted by atomic mass is 9.77. The molecule has 3 rings (SSSR count). The van der Waals surface area contributed by atoms with Crippen LogP contribution in [0.4, 0.5) is 17.6 Å². The van der Waals surface area contributed by atoms with E-state index in [1.165, 1.54) is 0 Å². The van der Waals surface area contributed by atoms with E-state index in [-0.39, 0.29) is 23.7 Å². The van der Waals surface area contributed by atoms with Crippen molar-refractivity contribution in [1.82, 2.24) is 5.32 Å². The molecule has 2 aliphatic rings. The fourth-order valence-electron chi connectivity index (χ4n) is 3.79. The van der Waals surface area contributed by atoms with E-state index in [2.05, 4.69) is 5.32 Å². The summed E-state index contributed by atoms with van der Waals surface area (Å²) in [4.78, 5) is 12.4. The molecule has 2 bridgehead atoms. The molecule has 0 saturated carbocycles. The Bertz CT molecular complexity index is 587. The zero-order valence-electron chi connectivity index (χ0n) is 12.6. The maximum Gasteiger partial charge on any atom is 0.416 e. The number of hydrogen-bond acceptors (Lipinski definition) is 2. The summed E-state index contributed by atoms with van der Waals surface area (Å²) >= 11 is 0. The number of fused-ring (bicyclic) bond motifs is 2. The largest absolute Gasteiger partial charge is 0.416 e. The molecule has 1 aromatic carbocycles. The molecular weight excluding hydrogens is 310 g/mol. The number of hydrogen-bond donors (Lipinski definition) is 1. The van der Waals surface area contributed by atoms with Crippen LogP contribution in [0.15, 0.2) is 18.2 Å². The molecule has 23 heavy (non-hydrogen) atoms. The molecule has 0 aromatic heterocycles. The van der Waals surface area contributed by atoms with Gasteiger partial charge in [0.25, 0.3) is 0 Å². The molecule has 2 atom stereocenters. The van der Waals surface area contributed by atoms with Crippen molar-refractivity contribution in [3.63, 3.8) is 0 Å². The summed E-state index contributed by atoms with van der Waals surface area (Å²) in [7, 11) is 0. The monoisotopic (exact) mass is 329 g/mol. The van der Waals surface area contributed by atoms with E-state index >= 15 is 0 Å². The standard InChI is InChI=1S/C17H19F4NO/c18-13-5-10(4-12(9-13)17(19,20)21)6-16(23)11-7-14-2-1-3-15(8-11)22-14/h4-5,9,11,14-15,22H,1-3,6-8H2. The minimum absolute atomic E-state index is 0.0814. The highest BCUT2D eigenvalue weighted by atomic mass is 19.4. The Morgan fingerprint density at radius 3 is 2.39 bits per heavy atom. The second-order valence-corrected chi connectivity index (χ2v) is 6.65. The van der Waals surface area contributed by atoms with Crippen molar-refractivity contribution in [3.8, 4) is 0 Å². The number of ketones is 1. The number of piperidine rings is 2. The van der Waals surface area contributed by atoms with Gasteiger partial charge in [0.05, 0.1) is 5.56 Å². The number of Topliss-reactive ketones (excluding diaryl/α,β-unsaturated/α-hetero) is 1. The van der Waals surface area contributed by atoms with Gasteiger partial charge in [0, 0.05) is 24.4 Å². The Labute approximate surface area is 132 Å². The maximum atomic E-state index is 13.4. The molecule has 0 spiro atoms. The quantitative estimate of drug-likeness (QED) is 0.853. The average molecular weight is 329 g/mol. The summed E-state index contributed by atoms with van der Waals surface area (Å²) in [5, 5.41) is 3.48. The minimum Gasteiger partial charge on any atom is -0.311 e. The van der Waals surface area contributed by atoms with Crippen LogP contribution in [0.25, 0.3) is 0 Å². The van der Waals surface area contributed by atoms with Crippen molar-refractivity contribution in [1.29, 1.82) is 0 Å².